The van der Waals surface area contributed by atoms with Crippen molar-refractivity contribution in [1.29, 1.82) is 0 Å². The first-order valence-corrected chi connectivity index (χ1v) is 16.0. The third-order valence-corrected chi connectivity index (χ3v) is 8.77. The van der Waals surface area contributed by atoms with Crippen molar-refractivity contribution in [1.82, 2.24) is 34.9 Å². The molecule has 1 saturated heterocycles. The summed E-state index contributed by atoms with van der Waals surface area (Å²) in [7, 11) is -5.04. The van der Waals surface area contributed by atoms with Crippen LogP contribution in [0.15, 0.2) is 15.5 Å². The van der Waals surface area contributed by atoms with Crippen molar-refractivity contribution >= 4 is 56.2 Å². The highest BCUT2D eigenvalue weighted by atomic mass is 32.2. The summed E-state index contributed by atoms with van der Waals surface area (Å²) in [6.45, 7) is 2.31. The topological polar surface area (TPSA) is 309 Å². The molecule has 2 aliphatic rings. The van der Waals surface area contributed by atoms with E-state index in [0.717, 1.165) is 16.1 Å². The molecule has 246 valence electrons. The molecule has 2 amide bonds. The highest BCUT2D eigenvalue weighted by Gasteiger charge is 2.55. The van der Waals surface area contributed by atoms with Crippen molar-refractivity contribution in [3.8, 4) is 0 Å². The van der Waals surface area contributed by atoms with Gasteiger partial charge in [-0.25, -0.2) is 19.1 Å². The number of aliphatic carboxylic acids is 1. The lowest BCUT2D eigenvalue weighted by Crippen LogP contribution is -2.73. The number of carbonyl (C=O) groups excluding carboxylic acids is 2. The van der Waals surface area contributed by atoms with Crippen LogP contribution in [0.2, 0.25) is 0 Å². The largest absolute Gasteiger partial charge is 0.478 e. The lowest BCUT2D eigenvalue weighted by atomic mass is 9.98. The predicted octanol–water partition coefficient (Wildman–Crippen LogP) is -2.30. The van der Waals surface area contributed by atoms with Crippen LogP contribution < -0.4 is 27.8 Å². The van der Waals surface area contributed by atoms with E-state index in [4.69, 9.17) is 22.0 Å². The summed E-state index contributed by atoms with van der Waals surface area (Å²) in [5.41, 5.74) is 15.6. The number of oxime groups is 1. The van der Waals surface area contributed by atoms with E-state index in [9.17, 15) is 32.5 Å². The smallest absolute Gasteiger partial charge is 0.362 e. The number of aromatic nitrogens is 4. The van der Waals surface area contributed by atoms with Gasteiger partial charge in [0, 0.05) is 24.8 Å². The van der Waals surface area contributed by atoms with E-state index >= 15 is 0 Å². The van der Waals surface area contributed by atoms with Gasteiger partial charge in [-0.3, -0.25) is 14.1 Å². The Bertz CT molecular complexity index is 1600. The van der Waals surface area contributed by atoms with Crippen molar-refractivity contribution in [3.05, 3.63) is 22.5 Å². The molecule has 0 spiro atoms. The van der Waals surface area contributed by atoms with Gasteiger partial charge in [0.2, 0.25) is 5.60 Å². The van der Waals surface area contributed by atoms with E-state index in [0.29, 0.717) is 43.7 Å². The van der Waals surface area contributed by atoms with Crippen LogP contribution in [0.4, 0.5) is 5.13 Å². The van der Waals surface area contributed by atoms with Crippen LogP contribution in [0.1, 0.15) is 49.2 Å². The number of nitrogens with two attached hydrogens (primary N) is 3. The molecule has 2 aromatic heterocycles. The Morgan fingerprint density at radius 1 is 1.29 bits per heavy atom. The average Bonchev–Trinajstić information content (AvgIpc) is 3.70. The molecule has 22 heteroatoms. The molecule has 45 heavy (non-hydrogen) atoms. The number of aryl methyl sites for hydroxylation is 1. The summed E-state index contributed by atoms with van der Waals surface area (Å²) >= 11 is 0.973. The second-order valence-electron chi connectivity index (χ2n) is 10.3. The van der Waals surface area contributed by atoms with Crippen LogP contribution in [0, 0.1) is 6.92 Å². The van der Waals surface area contributed by atoms with Crippen LogP contribution in [0.5, 0.6) is 0 Å². The lowest BCUT2D eigenvalue weighted by Gasteiger charge is -2.43. The number of carbonyl (C=O) groups is 3. The fraction of sp³-hybridized carbons (Fsp3) is 0.565. The van der Waals surface area contributed by atoms with Gasteiger partial charge in [0.05, 0.1) is 18.8 Å². The number of aliphatic imine (C=N–C) groups is 1. The summed E-state index contributed by atoms with van der Waals surface area (Å²) < 4.78 is 34.0. The Morgan fingerprint density at radius 3 is 2.60 bits per heavy atom. The third-order valence-electron chi connectivity index (χ3n) is 7.15. The number of hydrogen-bond acceptors (Lipinski definition) is 14. The Morgan fingerprint density at radius 2 is 2.00 bits per heavy atom. The molecular weight excluding hydrogens is 636 g/mol. The van der Waals surface area contributed by atoms with Crippen molar-refractivity contribution in [2.75, 3.05) is 18.8 Å². The lowest BCUT2D eigenvalue weighted by molar-refractivity contribution is -0.165. The van der Waals surface area contributed by atoms with E-state index in [1.54, 1.807) is 6.92 Å². The maximum absolute atomic E-state index is 13.4. The third kappa shape index (κ3) is 7.64. The van der Waals surface area contributed by atoms with Crippen molar-refractivity contribution in [3.63, 3.8) is 0 Å². The molecule has 20 nitrogen and oxygen atoms in total. The van der Waals surface area contributed by atoms with E-state index in [1.807, 2.05) is 0 Å². The quantitative estimate of drug-likeness (QED) is 0.0277. The Labute approximate surface area is 260 Å². The summed E-state index contributed by atoms with van der Waals surface area (Å²) in [5, 5.41) is 28.8. The van der Waals surface area contributed by atoms with Gasteiger partial charge in [0.25, 0.3) is 11.8 Å². The van der Waals surface area contributed by atoms with E-state index in [-0.39, 0.29) is 47.0 Å². The molecule has 2 aromatic rings. The normalized spacial score (nSPS) is 20.2. The number of thiazole rings is 1. The molecule has 1 aliphatic heterocycles. The monoisotopic (exact) mass is 670 g/mol. The molecule has 10 N–H and O–H groups in total. The SMILES string of the molecule is Cc1nn(C[C@@H]2[C@H](NC(=O)/C(=N\OC3(C(=O)O)CCCC3)c3csc(N)n3)C(=O)N2S(=O)(=O)O)nc1CN=C(N)NCCCN. The minimum absolute atomic E-state index is 0.0352. The summed E-state index contributed by atoms with van der Waals surface area (Å²) in [4.78, 5) is 52.9. The van der Waals surface area contributed by atoms with Crippen LogP contribution in [0.25, 0.3) is 0 Å². The van der Waals surface area contributed by atoms with Crippen molar-refractivity contribution in [2.24, 2.45) is 21.6 Å². The first-order chi connectivity index (χ1) is 21.3. The molecule has 0 unspecified atom stereocenters. The zero-order valence-corrected chi connectivity index (χ0v) is 25.8. The first kappa shape index (κ1) is 33.5. The number of nitrogen functional groups attached to an aromatic ring is 1. The maximum Gasteiger partial charge on any atom is 0.362 e. The minimum atomic E-state index is -5.04. The van der Waals surface area contributed by atoms with Crippen LogP contribution in [-0.2, 0) is 42.6 Å². The maximum atomic E-state index is 13.4. The highest BCUT2D eigenvalue weighted by Crippen LogP contribution is 2.34. The van der Waals surface area contributed by atoms with Gasteiger partial charge in [-0.15, -0.1) is 11.3 Å². The molecule has 0 bridgehead atoms. The number of hydrogen-bond donors (Lipinski definition) is 7. The Hall–Kier alpha value is -4.41. The molecular formula is C23H34N12O8S2. The molecule has 2 atom stereocenters. The number of rotatable bonds is 14. The second kappa shape index (κ2) is 13.7. The van der Waals surface area contributed by atoms with Gasteiger partial charge >= 0.3 is 16.3 Å². The zero-order valence-electron chi connectivity index (χ0n) is 24.1. The number of guanidine groups is 1. The molecule has 4 rings (SSSR count). The zero-order chi connectivity index (χ0) is 32.9. The van der Waals surface area contributed by atoms with Gasteiger partial charge in [-0.2, -0.15) is 23.4 Å². The number of β-lactam (4-membered cyclic amide) rings is 1. The van der Waals surface area contributed by atoms with Gasteiger partial charge < -0.3 is 37.8 Å². The minimum Gasteiger partial charge on any atom is -0.478 e. The highest BCUT2D eigenvalue weighted by molar-refractivity contribution is 7.84. The summed E-state index contributed by atoms with van der Waals surface area (Å²) in [6.07, 6.45) is 2.16. The van der Waals surface area contributed by atoms with Crippen LogP contribution >= 0.6 is 11.3 Å². The van der Waals surface area contributed by atoms with Gasteiger partial charge in [-0.1, -0.05) is 5.16 Å². The molecule has 1 saturated carbocycles. The van der Waals surface area contributed by atoms with E-state index in [2.05, 4.69) is 36.0 Å². The number of carboxylic acid groups (broad SMARTS) is 1. The number of amides is 2. The van der Waals surface area contributed by atoms with Crippen LogP contribution in [0.3, 0.4) is 0 Å². The molecule has 0 aromatic carbocycles. The number of carboxylic acids is 1. The van der Waals surface area contributed by atoms with Crippen molar-refractivity contribution < 1.29 is 37.3 Å². The summed E-state index contributed by atoms with van der Waals surface area (Å²) in [5.74, 6) is -3.27. The second-order valence-corrected chi connectivity index (χ2v) is 12.5. The van der Waals surface area contributed by atoms with E-state index < -0.39 is 51.5 Å². The Balaban J connectivity index is 1.55. The van der Waals surface area contributed by atoms with Gasteiger partial charge in [0.15, 0.2) is 16.8 Å². The van der Waals surface area contributed by atoms with Gasteiger partial charge in [0.1, 0.15) is 23.5 Å². The molecule has 0 radical (unpaired) electrons. The fourth-order valence-corrected chi connectivity index (χ4v) is 6.19. The van der Waals surface area contributed by atoms with Gasteiger partial charge in [-0.05, 0) is 32.7 Å². The summed E-state index contributed by atoms with van der Waals surface area (Å²) in [6, 6.07) is -2.85. The standard InChI is InChI=1S/C23H34N12O8S2/c1-12-13(9-28-21(25)27-8-4-7-24)32-34(31-12)10-15-17(19(37)35(15)45(40,41)42)30-18(36)16(14-11-44-22(26)29-14)33-43-23(20(38)39)5-2-3-6-23/h11,15,17H,2-10,24H2,1H3,(H2,26,29)(H,30,36)(H,38,39)(H3,25,27,28)(H,40,41,42)/b33-16-/t15-,17+/m1/s1. The first-order valence-electron chi connectivity index (χ1n) is 13.7. The molecule has 1 aliphatic carbocycles. The Kier molecular flexibility index (Phi) is 10.2. The average molecular weight is 671 g/mol. The number of nitrogens with one attached hydrogen (secondary N) is 2. The number of nitrogens with zero attached hydrogens (tertiary/aromatic N) is 7. The molecule has 2 fully saturated rings. The van der Waals surface area contributed by atoms with E-state index in [1.165, 1.54) is 5.38 Å². The predicted molar refractivity (Wildman–Crippen MR) is 159 cm³/mol. The molecule has 3 heterocycles. The van der Waals surface area contributed by atoms with Crippen molar-refractivity contribution in [2.45, 2.75) is 69.8 Å². The van der Waals surface area contributed by atoms with Crippen LogP contribution in [-0.4, -0.2) is 103 Å². The number of anilines is 1. The fourth-order valence-electron chi connectivity index (χ4n) is 4.77.